The molecule has 2 fully saturated rings. The van der Waals surface area contributed by atoms with Crippen molar-refractivity contribution in [1.29, 1.82) is 0 Å². The Morgan fingerprint density at radius 2 is 2.00 bits per heavy atom. The van der Waals surface area contributed by atoms with Gasteiger partial charge in [0.1, 0.15) is 0 Å². The van der Waals surface area contributed by atoms with Crippen LogP contribution in [0.3, 0.4) is 0 Å². The molecular formula is C21H23F3N6OS. The summed E-state index contributed by atoms with van der Waals surface area (Å²) in [5.74, 6) is 0.740. The maximum atomic E-state index is 13.4. The zero-order chi connectivity index (χ0) is 22.5. The molecule has 1 spiro atoms. The second kappa shape index (κ2) is 7.89. The third-order valence-electron chi connectivity index (χ3n) is 6.42. The largest absolute Gasteiger partial charge is 0.434 e. The van der Waals surface area contributed by atoms with E-state index in [0.717, 1.165) is 49.8 Å². The fourth-order valence-corrected chi connectivity index (χ4v) is 5.60. The molecule has 0 unspecified atom stereocenters. The first-order valence-electron chi connectivity index (χ1n) is 10.4. The summed E-state index contributed by atoms with van der Waals surface area (Å²) in [5.41, 5.74) is 6.62. The van der Waals surface area contributed by atoms with Gasteiger partial charge in [0, 0.05) is 48.0 Å². The number of piperidine rings is 1. The highest BCUT2D eigenvalue weighted by Crippen LogP contribution is 2.42. The first kappa shape index (κ1) is 21.5. The molecular weight excluding hydrogens is 441 g/mol. The highest BCUT2D eigenvalue weighted by atomic mass is 32.2. The fraction of sp³-hybridized carbons (Fsp3) is 0.476. The van der Waals surface area contributed by atoms with Crippen LogP contribution in [0.15, 0.2) is 40.5 Å². The maximum Gasteiger partial charge on any atom is 0.434 e. The molecule has 5 heterocycles. The average Bonchev–Trinajstić information content (AvgIpc) is 3.38. The second-order valence-corrected chi connectivity index (χ2v) is 9.42. The SMILES string of the molecule is Cc1nc(N2CCC3(CC2)COC[C@H]3N)n2ccnc2c1Sc1cccnc1C(F)(F)F. The molecule has 5 rings (SSSR count). The van der Waals surface area contributed by atoms with Crippen LogP contribution >= 0.6 is 11.8 Å². The maximum absolute atomic E-state index is 13.4. The number of aryl methyl sites for hydroxylation is 1. The van der Waals surface area contributed by atoms with E-state index in [4.69, 9.17) is 15.5 Å². The Morgan fingerprint density at radius 3 is 2.69 bits per heavy atom. The molecule has 7 nitrogen and oxygen atoms in total. The van der Waals surface area contributed by atoms with E-state index in [9.17, 15) is 13.2 Å². The molecule has 3 aromatic rings. The smallest absolute Gasteiger partial charge is 0.379 e. The van der Waals surface area contributed by atoms with E-state index < -0.39 is 11.9 Å². The van der Waals surface area contributed by atoms with E-state index in [-0.39, 0.29) is 16.4 Å². The minimum atomic E-state index is -4.54. The summed E-state index contributed by atoms with van der Waals surface area (Å²) in [5, 5.41) is 0. The molecule has 2 N–H and O–H groups in total. The molecule has 32 heavy (non-hydrogen) atoms. The molecule has 0 radical (unpaired) electrons. The lowest BCUT2D eigenvalue weighted by molar-refractivity contribution is -0.143. The molecule has 11 heteroatoms. The average molecular weight is 465 g/mol. The van der Waals surface area contributed by atoms with Crippen molar-refractivity contribution in [2.24, 2.45) is 11.1 Å². The number of halogens is 3. The van der Waals surface area contributed by atoms with Crippen LogP contribution in [0.1, 0.15) is 24.2 Å². The van der Waals surface area contributed by atoms with Crippen molar-refractivity contribution in [2.45, 2.75) is 41.8 Å². The number of ether oxygens (including phenoxy) is 1. The highest BCUT2D eigenvalue weighted by Gasteiger charge is 2.44. The lowest BCUT2D eigenvalue weighted by Gasteiger charge is -2.41. The van der Waals surface area contributed by atoms with Crippen LogP contribution < -0.4 is 10.6 Å². The molecule has 0 bridgehead atoms. The van der Waals surface area contributed by atoms with Crippen molar-refractivity contribution in [1.82, 2.24) is 19.4 Å². The summed E-state index contributed by atoms with van der Waals surface area (Å²) >= 11 is 0.993. The van der Waals surface area contributed by atoms with Gasteiger partial charge in [-0.05, 0) is 31.9 Å². The minimum Gasteiger partial charge on any atom is -0.379 e. The predicted molar refractivity (Wildman–Crippen MR) is 114 cm³/mol. The number of hydrogen-bond acceptors (Lipinski definition) is 7. The first-order chi connectivity index (χ1) is 15.3. The summed E-state index contributed by atoms with van der Waals surface area (Å²) in [4.78, 5) is 15.6. The van der Waals surface area contributed by atoms with Gasteiger partial charge in [0.05, 0.1) is 23.8 Å². The molecule has 2 saturated heterocycles. The number of fused-ring (bicyclic) bond motifs is 1. The summed E-state index contributed by atoms with van der Waals surface area (Å²) < 4.78 is 47.7. The zero-order valence-corrected chi connectivity index (χ0v) is 18.3. The summed E-state index contributed by atoms with van der Waals surface area (Å²) in [6.07, 6.45) is 1.87. The highest BCUT2D eigenvalue weighted by molar-refractivity contribution is 7.99. The third kappa shape index (κ3) is 3.61. The van der Waals surface area contributed by atoms with Gasteiger partial charge < -0.3 is 15.4 Å². The van der Waals surface area contributed by atoms with Crippen LogP contribution in [0, 0.1) is 12.3 Å². The Hall–Kier alpha value is -2.37. The molecule has 0 amide bonds. The van der Waals surface area contributed by atoms with E-state index in [2.05, 4.69) is 14.9 Å². The number of rotatable bonds is 3. The van der Waals surface area contributed by atoms with E-state index in [0.29, 0.717) is 29.5 Å². The Labute approximate surface area is 187 Å². The van der Waals surface area contributed by atoms with E-state index in [1.807, 2.05) is 4.40 Å². The third-order valence-corrected chi connectivity index (χ3v) is 7.65. The van der Waals surface area contributed by atoms with Crippen molar-refractivity contribution in [3.8, 4) is 0 Å². The van der Waals surface area contributed by atoms with E-state index in [1.54, 1.807) is 19.3 Å². The fourth-order valence-electron chi connectivity index (χ4n) is 4.53. The van der Waals surface area contributed by atoms with Gasteiger partial charge in [-0.2, -0.15) is 13.2 Å². The van der Waals surface area contributed by atoms with Crippen molar-refractivity contribution >= 4 is 23.4 Å². The van der Waals surface area contributed by atoms with Crippen LogP contribution in [0.4, 0.5) is 19.1 Å². The first-order valence-corrected chi connectivity index (χ1v) is 11.2. The van der Waals surface area contributed by atoms with Crippen LogP contribution in [0.25, 0.3) is 5.65 Å². The minimum absolute atomic E-state index is 0.0176. The topological polar surface area (TPSA) is 81.6 Å². The van der Waals surface area contributed by atoms with Crippen molar-refractivity contribution in [3.63, 3.8) is 0 Å². The zero-order valence-electron chi connectivity index (χ0n) is 17.5. The molecule has 0 aromatic carbocycles. The Kier molecular flexibility index (Phi) is 5.30. The standard InChI is InChI=1S/C21H23F3N6OS/c1-13-16(32-14-3-2-6-26-17(14)21(22,23)24)18-27-7-10-30(18)19(28-13)29-8-4-20(5-9-29)12-31-11-15(20)25/h2-3,6-7,10,15H,4-5,8-9,11-12,25H2,1H3/t15-/m1/s1. The number of pyridine rings is 1. The number of nitrogens with zero attached hydrogens (tertiary/aromatic N) is 5. The quantitative estimate of drug-likeness (QED) is 0.635. The number of aromatic nitrogens is 4. The van der Waals surface area contributed by atoms with Gasteiger partial charge in [-0.1, -0.05) is 11.8 Å². The van der Waals surface area contributed by atoms with Crippen LogP contribution in [-0.4, -0.2) is 51.7 Å². The number of nitrogens with two attached hydrogens (primary N) is 1. The Morgan fingerprint density at radius 1 is 1.22 bits per heavy atom. The number of imidazole rings is 1. The van der Waals surface area contributed by atoms with Crippen LogP contribution in [0.2, 0.25) is 0 Å². The monoisotopic (exact) mass is 464 g/mol. The molecule has 3 aromatic heterocycles. The molecule has 2 aliphatic heterocycles. The van der Waals surface area contributed by atoms with Gasteiger partial charge in [0.2, 0.25) is 5.95 Å². The Balaban J connectivity index is 1.47. The van der Waals surface area contributed by atoms with Gasteiger partial charge in [0.15, 0.2) is 11.3 Å². The van der Waals surface area contributed by atoms with Crippen molar-refractivity contribution < 1.29 is 17.9 Å². The summed E-state index contributed by atoms with van der Waals surface area (Å²) in [7, 11) is 0. The van der Waals surface area contributed by atoms with Gasteiger partial charge in [0.25, 0.3) is 0 Å². The predicted octanol–water partition coefficient (Wildman–Crippen LogP) is 3.55. The molecule has 0 saturated carbocycles. The molecule has 0 aliphatic carbocycles. The van der Waals surface area contributed by atoms with Crippen LogP contribution in [-0.2, 0) is 10.9 Å². The number of alkyl halides is 3. The van der Waals surface area contributed by atoms with Crippen LogP contribution in [0.5, 0.6) is 0 Å². The lowest BCUT2D eigenvalue weighted by atomic mass is 9.75. The molecule has 1 atom stereocenters. The van der Waals surface area contributed by atoms with E-state index >= 15 is 0 Å². The molecule has 2 aliphatic rings. The summed E-state index contributed by atoms with van der Waals surface area (Å²) in [6.45, 7) is 4.66. The van der Waals surface area contributed by atoms with Gasteiger partial charge in [-0.3, -0.25) is 9.38 Å². The Bertz CT molecular complexity index is 1140. The second-order valence-electron chi connectivity index (χ2n) is 8.37. The van der Waals surface area contributed by atoms with Gasteiger partial charge in [-0.15, -0.1) is 0 Å². The van der Waals surface area contributed by atoms with Gasteiger partial charge in [-0.25, -0.2) is 9.97 Å². The van der Waals surface area contributed by atoms with Crippen molar-refractivity contribution in [3.05, 3.63) is 42.1 Å². The van der Waals surface area contributed by atoms with Gasteiger partial charge >= 0.3 is 6.18 Å². The number of hydrogen-bond donors (Lipinski definition) is 1. The number of anilines is 1. The summed E-state index contributed by atoms with van der Waals surface area (Å²) in [6, 6.07) is 2.97. The molecule has 170 valence electrons. The lowest BCUT2D eigenvalue weighted by Crippen LogP contribution is -2.49. The van der Waals surface area contributed by atoms with E-state index in [1.165, 1.54) is 12.1 Å². The van der Waals surface area contributed by atoms with Crippen molar-refractivity contribution in [2.75, 3.05) is 31.2 Å². The normalized spacial score (nSPS) is 21.0.